The lowest BCUT2D eigenvalue weighted by Gasteiger charge is -2.27. The van der Waals surface area contributed by atoms with Crippen LogP contribution >= 0.6 is 0 Å². The lowest BCUT2D eigenvalue weighted by Crippen LogP contribution is -2.28. The normalized spacial score (nSPS) is 18.7. The van der Waals surface area contributed by atoms with E-state index < -0.39 is 0 Å². The second-order valence-corrected chi connectivity index (χ2v) is 7.32. The van der Waals surface area contributed by atoms with Gasteiger partial charge in [-0.1, -0.05) is 57.2 Å². The molecule has 2 nitrogen and oxygen atoms in total. The van der Waals surface area contributed by atoms with Crippen molar-refractivity contribution >= 4 is 0 Å². The molecular formula is C21H35NO. The molecule has 0 fully saturated rings. The van der Waals surface area contributed by atoms with Crippen LogP contribution in [0.2, 0.25) is 0 Å². The molecule has 2 atom stereocenters. The fourth-order valence-electron chi connectivity index (χ4n) is 3.92. The summed E-state index contributed by atoms with van der Waals surface area (Å²) < 4.78 is 0. The van der Waals surface area contributed by atoms with Crippen LogP contribution in [0, 0.1) is 0 Å². The van der Waals surface area contributed by atoms with Crippen LogP contribution in [0.3, 0.4) is 0 Å². The first-order valence-electron chi connectivity index (χ1n) is 9.72. The van der Waals surface area contributed by atoms with E-state index in [4.69, 9.17) is 5.73 Å². The number of aryl methyl sites for hydroxylation is 2. The van der Waals surface area contributed by atoms with E-state index >= 15 is 0 Å². The van der Waals surface area contributed by atoms with Crippen molar-refractivity contribution in [1.29, 1.82) is 0 Å². The van der Waals surface area contributed by atoms with Crippen molar-refractivity contribution in [1.82, 2.24) is 0 Å². The van der Waals surface area contributed by atoms with Crippen LogP contribution in [0.25, 0.3) is 0 Å². The number of aliphatic hydroxyl groups excluding tert-OH is 1. The second-order valence-electron chi connectivity index (χ2n) is 7.32. The van der Waals surface area contributed by atoms with Gasteiger partial charge in [-0.3, -0.25) is 0 Å². The maximum absolute atomic E-state index is 9.21. The molecule has 0 bridgehead atoms. The number of fused-ring (bicyclic) bond motifs is 1. The summed E-state index contributed by atoms with van der Waals surface area (Å²) in [4.78, 5) is 0. The molecule has 0 amide bonds. The summed E-state index contributed by atoms with van der Waals surface area (Å²) in [5.74, 6) is 0.545. The zero-order valence-corrected chi connectivity index (χ0v) is 14.9. The lowest BCUT2D eigenvalue weighted by molar-refractivity contribution is 0.251. The molecule has 0 aliphatic heterocycles. The van der Waals surface area contributed by atoms with Crippen molar-refractivity contribution in [2.75, 3.05) is 6.61 Å². The molecule has 130 valence electrons. The molecule has 1 aliphatic rings. The number of unbranched alkanes of at least 4 members (excludes halogenated alkanes) is 5. The van der Waals surface area contributed by atoms with Crippen LogP contribution in [0.5, 0.6) is 0 Å². The highest BCUT2D eigenvalue weighted by atomic mass is 16.3. The average Bonchev–Trinajstić information content (AvgIpc) is 2.58. The number of hydrogen-bond donors (Lipinski definition) is 2. The predicted octanol–water partition coefficient (Wildman–Crippen LogP) is 4.72. The average molecular weight is 318 g/mol. The highest BCUT2D eigenvalue weighted by molar-refractivity contribution is 5.36. The van der Waals surface area contributed by atoms with E-state index in [0.717, 1.165) is 6.42 Å². The topological polar surface area (TPSA) is 46.2 Å². The summed E-state index contributed by atoms with van der Waals surface area (Å²) in [7, 11) is 0. The molecule has 23 heavy (non-hydrogen) atoms. The SMILES string of the molecule is CCCCCCCCc1ccc2c(c1)CCC[C@H]2C[C@@H](N)CO. The first-order valence-corrected chi connectivity index (χ1v) is 9.72. The third-order valence-electron chi connectivity index (χ3n) is 5.29. The predicted molar refractivity (Wildman–Crippen MR) is 98.9 cm³/mol. The third kappa shape index (κ3) is 5.93. The Balaban J connectivity index is 1.86. The number of aliphatic hydroxyl groups is 1. The Hall–Kier alpha value is -0.860. The van der Waals surface area contributed by atoms with Crippen LogP contribution in [0.4, 0.5) is 0 Å². The summed E-state index contributed by atoms with van der Waals surface area (Å²) in [5, 5.41) is 9.21. The van der Waals surface area contributed by atoms with E-state index in [1.807, 2.05) is 0 Å². The monoisotopic (exact) mass is 317 g/mol. The van der Waals surface area contributed by atoms with Gasteiger partial charge >= 0.3 is 0 Å². The molecule has 0 spiro atoms. The van der Waals surface area contributed by atoms with Crippen LogP contribution in [-0.2, 0) is 12.8 Å². The molecule has 3 N–H and O–H groups in total. The number of hydrogen-bond acceptors (Lipinski definition) is 2. The van der Waals surface area contributed by atoms with Gasteiger partial charge in [0.15, 0.2) is 0 Å². The Bertz CT molecular complexity index is 457. The van der Waals surface area contributed by atoms with Crippen molar-refractivity contribution in [2.45, 2.75) is 89.5 Å². The molecule has 0 saturated carbocycles. The summed E-state index contributed by atoms with van der Waals surface area (Å²) in [6.45, 7) is 2.37. The number of nitrogens with two attached hydrogens (primary N) is 1. The van der Waals surface area contributed by atoms with E-state index in [-0.39, 0.29) is 12.6 Å². The standard InChI is InChI=1S/C21H35NO/c1-2-3-4-5-6-7-9-17-12-13-21-18(14-17)10-8-11-19(21)15-20(22)16-23/h12-14,19-20,23H,2-11,15-16,22H2,1H3/t19-,20+/m0/s1. The first-order chi connectivity index (χ1) is 11.2. The number of benzene rings is 1. The Kier molecular flexibility index (Phi) is 8.11. The first kappa shape index (κ1) is 18.5. The van der Waals surface area contributed by atoms with E-state index in [9.17, 15) is 5.11 Å². The Labute approximate surface area is 142 Å². The van der Waals surface area contributed by atoms with Gasteiger partial charge in [-0.2, -0.15) is 0 Å². The minimum atomic E-state index is -0.0752. The minimum absolute atomic E-state index is 0.0752. The zero-order chi connectivity index (χ0) is 16.5. The molecule has 1 aromatic rings. The number of rotatable bonds is 10. The summed E-state index contributed by atoms with van der Waals surface area (Å²) in [6, 6.07) is 7.04. The Morgan fingerprint density at radius 2 is 1.96 bits per heavy atom. The van der Waals surface area contributed by atoms with Gasteiger partial charge in [-0.25, -0.2) is 0 Å². The fourth-order valence-corrected chi connectivity index (χ4v) is 3.92. The van der Waals surface area contributed by atoms with Gasteiger partial charge in [0.25, 0.3) is 0 Å². The Morgan fingerprint density at radius 1 is 1.17 bits per heavy atom. The van der Waals surface area contributed by atoms with Crippen LogP contribution in [0.1, 0.15) is 87.3 Å². The molecule has 0 aromatic heterocycles. The zero-order valence-electron chi connectivity index (χ0n) is 14.9. The lowest BCUT2D eigenvalue weighted by atomic mass is 9.79. The van der Waals surface area contributed by atoms with E-state index in [1.54, 1.807) is 0 Å². The Morgan fingerprint density at radius 3 is 2.74 bits per heavy atom. The van der Waals surface area contributed by atoms with E-state index in [2.05, 4.69) is 25.1 Å². The summed E-state index contributed by atoms with van der Waals surface area (Å²) in [6.07, 6.45) is 14.0. The van der Waals surface area contributed by atoms with Gasteiger partial charge in [-0.05, 0) is 61.1 Å². The van der Waals surface area contributed by atoms with Crippen molar-refractivity contribution in [3.05, 3.63) is 34.9 Å². The largest absolute Gasteiger partial charge is 0.395 e. The molecule has 0 radical (unpaired) electrons. The van der Waals surface area contributed by atoms with Crippen LogP contribution in [0.15, 0.2) is 18.2 Å². The fraction of sp³-hybridized carbons (Fsp3) is 0.714. The van der Waals surface area contributed by atoms with Gasteiger partial charge in [0, 0.05) is 6.04 Å². The van der Waals surface area contributed by atoms with Gasteiger partial charge in [-0.15, -0.1) is 0 Å². The molecule has 0 saturated heterocycles. The molecular weight excluding hydrogens is 282 g/mol. The molecule has 1 aromatic carbocycles. The summed E-state index contributed by atoms with van der Waals surface area (Å²) in [5.41, 5.74) is 10.5. The van der Waals surface area contributed by atoms with Crippen LogP contribution in [-0.4, -0.2) is 17.8 Å². The smallest absolute Gasteiger partial charge is 0.0582 e. The molecule has 1 aliphatic carbocycles. The van der Waals surface area contributed by atoms with Gasteiger partial charge in [0.1, 0.15) is 0 Å². The highest BCUT2D eigenvalue weighted by Gasteiger charge is 2.22. The highest BCUT2D eigenvalue weighted by Crippen LogP contribution is 2.35. The maximum atomic E-state index is 9.21. The van der Waals surface area contributed by atoms with Gasteiger partial charge in [0.2, 0.25) is 0 Å². The van der Waals surface area contributed by atoms with Crippen molar-refractivity contribution in [3.63, 3.8) is 0 Å². The summed E-state index contributed by atoms with van der Waals surface area (Å²) >= 11 is 0. The van der Waals surface area contributed by atoms with E-state index in [1.165, 1.54) is 80.9 Å². The van der Waals surface area contributed by atoms with E-state index in [0.29, 0.717) is 5.92 Å². The molecule has 2 rings (SSSR count). The van der Waals surface area contributed by atoms with Crippen molar-refractivity contribution < 1.29 is 5.11 Å². The minimum Gasteiger partial charge on any atom is -0.395 e. The molecule has 0 unspecified atom stereocenters. The van der Waals surface area contributed by atoms with Gasteiger partial charge < -0.3 is 10.8 Å². The quantitative estimate of drug-likeness (QED) is 0.613. The van der Waals surface area contributed by atoms with Crippen LogP contribution < -0.4 is 5.73 Å². The maximum Gasteiger partial charge on any atom is 0.0582 e. The third-order valence-corrected chi connectivity index (χ3v) is 5.29. The molecule has 2 heteroatoms. The van der Waals surface area contributed by atoms with Crippen molar-refractivity contribution in [3.8, 4) is 0 Å². The van der Waals surface area contributed by atoms with Gasteiger partial charge in [0.05, 0.1) is 6.61 Å². The molecule has 0 heterocycles. The second kappa shape index (κ2) is 10.1. The van der Waals surface area contributed by atoms with Crippen molar-refractivity contribution in [2.24, 2.45) is 5.73 Å².